The number of nitrogens with one attached hydrogen (secondary N) is 1. The molecule has 0 aliphatic rings. The second-order valence-electron chi connectivity index (χ2n) is 7.34. The van der Waals surface area contributed by atoms with Crippen molar-refractivity contribution in [3.8, 4) is 28.6 Å². The summed E-state index contributed by atoms with van der Waals surface area (Å²) >= 11 is 5.89. The molecular formula is C26H23ClN2O4. The molecule has 6 nitrogen and oxygen atoms in total. The first kappa shape index (κ1) is 22.4. The van der Waals surface area contributed by atoms with Gasteiger partial charge in [0.1, 0.15) is 17.2 Å². The van der Waals surface area contributed by atoms with Crippen molar-refractivity contribution >= 4 is 23.2 Å². The van der Waals surface area contributed by atoms with Crippen molar-refractivity contribution < 1.29 is 18.8 Å². The van der Waals surface area contributed by atoms with Crippen LogP contribution in [0.25, 0.3) is 11.3 Å². The monoisotopic (exact) mass is 462 g/mol. The Morgan fingerprint density at radius 2 is 1.58 bits per heavy atom. The molecule has 0 bridgehead atoms. The topological polar surface area (TPSA) is 73.6 Å². The van der Waals surface area contributed by atoms with Gasteiger partial charge in [-0.05, 0) is 79.2 Å². The van der Waals surface area contributed by atoms with Gasteiger partial charge < -0.3 is 19.3 Å². The van der Waals surface area contributed by atoms with Gasteiger partial charge in [-0.2, -0.15) is 0 Å². The van der Waals surface area contributed by atoms with E-state index < -0.39 is 0 Å². The summed E-state index contributed by atoms with van der Waals surface area (Å²) in [5, 5.41) is 7.35. The molecular weight excluding hydrogens is 440 g/mol. The van der Waals surface area contributed by atoms with E-state index in [4.69, 9.17) is 25.6 Å². The molecule has 0 fully saturated rings. The van der Waals surface area contributed by atoms with Gasteiger partial charge in [0.05, 0.1) is 6.61 Å². The highest BCUT2D eigenvalue weighted by Crippen LogP contribution is 2.26. The van der Waals surface area contributed by atoms with Gasteiger partial charge in [0.25, 0.3) is 5.91 Å². The summed E-state index contributed by atoms with van der Waals surface area (Å²) < 4.78 is 16.8. The van der Waals surface area contributed by atoms with Crippen LogP contribution in [0.3, 0.4) is 0 Å². The first-order valence-corrected chi connectivity index (χ1v) is 11.0. The fraction of sp³-hybridized carbons (Fsp3) is 0.154. The molecule has 0 unspecified atom stereocenters. The number of carbonyl (C=O) groups excluding carboxylic acids is 1. The third kappa shape index (κ3) is 6.14. The predicted molar refractivity (Wildman–Crippen MR) is 128 cm³/mol. The van der Waals surface area contributed by atoms with Gasteiger partial charge in [-0.25, -0.2) is 0 Å². The summed E-state index contributed by atoms with van der Waals surface area (Å²) in [6.45, 7) is 2.81. The quantitative estimate of drug-likeness (QED) is 0.266. The number of hydrogen-bond acceptors (Lipinski definition) is 5. The van der Waals surface area contributed by atoms with Crippen molar-refractivity contribution in [3.63, 3.8) is 0 Å². The third-order valence-electron chi connectivity index (χ3n) is 4.81. The Hall–Kier alpha value is -3.77. The highest BCUT2D eigenvalue weighted by atomic mass is 35.5. The van der Waals surface area contributed by atoms with Gasteiger partial charge in [-0.3, -0.25) is 4.79 Å². The van der Waals surface area contributed by atoms with Crippen LogP contribution >= 0.6 is 11.6 Å². The van der Waals surface area contributed by atoms with E-state index in [1.54, 1.807) is 54.6 Å². The fourth-order valence-electron chi connectivity index (χ4n) is 3.01. The zero-order valence-corrected chi connectivity index (χ0v) is 18.8. The summed E-state index contributed by atoms with van der Waals surface area (Å²) in [6, 6.07) is 23.2. The van der Waals surface area contributed by atoms with Crippen LogP contribution in [0.2, 0.25) is 5.02 Å². The lowest BCUT2D eigenvalue weighted by Crippen LogP contribution is -2.11. The average molecular weight is 463 g/mol. The van der Waals surface area contributed by atoms with E-state index in [1.165, 1.54) is 0 Å². The second kappa shape index (κ2) is 10.7. The van der Waals surface area contributed by atoms with Crippen molar-refractivity contribution in [1.82, 2.24) is 5.16 Å². The number of rotatable bonds is 9. The number of amides is 1. The summed E-state index contributed by atoms with van der Waals surface area (Å²) in [5.41, 5.74) is 1.62. The fourth-order valence-corrected chi connectivity index (χ4v) is 3.13. The van der Waals surface area contributed by atoms with Crippen molar-refractivity contribution in [3.05, 3.63) is 89.6 Å². The van der Waals surface area contributed by atoms with Crippen molar-refractivity contribution in [2.75, 3.05) is 11.9 Å². The molecule has 0 atom stereocenters. The Morgan fingerprint density at radius 3 is 2.24 bits per heavy atom. The molecule has 7 heteroatoms. The van der Waals surface area contributed by atoms with Crippen LogP contribution in [0.4, 0.5) is 5.69 Å². The largest absolute Gasteiger partial charge is 0.494 e. The van der Waals surface area contributed by atoms with E-state index >= 15 is 0 Å². The molecule has 168 valence electrons. The number of unbranched alkanes of at least 4 members (excludes halogenated alkanes) is 1. The lowest BCUT2D eigenvalue weighted by molar-refractivity contribution is 0.101. The van der Waals surface area contributed by atoms with Gasteiger partial charge in [0.2, 0.25) is 0 Å². The van der Waals surface area contributed by atoms with Crippen LogP contribution in [0.1, 0.15) is 30.3 Å². The molecule has 4 rings (SSSR count). The normalized spacial score (nSPS) is 10.6. The molecule has 0 aliphatic heterocycles. The van der Waals surface area contributed by atoms with Crippen molar-refractivity contribution in [2.45, 2.75) is 19.8 Å². The molecule has 0 saturated heterocycles. The minimum atomic E-state index is -0.365. The first-order chi connectivity index (χ1) is 16.1. The molecule has 4 aromatic rings. The number of hydrogen-bond donors (Lipinski definition) is 1. The second-order valence-corrected chi connectivity index (χ2v) is 7.77. The Labute approximate surface area is 197 Å². The van der Waals surface area contributed by atoms with Crippen LogP contribution in [0.5, 0.6) is 17.2 Å². The van der Waals surface area contributed by atoms with Crippen LogP contribution in [-0.2, 0) is 0 Å². The first-order valence-electron chi connectivity index (χ1n) is 10.7. The predicted octanol–water partition coefficient (Wildman–Crippen LogP) is 7.22. The summed E-state index contributed by atoms with van der Waals surface area (Å²) in [7, 11) is 0. The van der Waals surface area contributed by atoms with Crippen molar-refractivity contribution in [1.29, 1.82) is 0 Å². The highest BCUT2D eigenvalue weighted by Gasteiger charge is 2.14. The van der Waals surface area contributed by atoms with Crippen LogP contribution < -0.4 is 14.8 Å². The Kier molecular flexibility index (Phi) is 7.27. The molecule has 1 aromatic heterocycles. The van der Waals surface area contributed by atoms with Gasteiger partial charge >= 0.3 is 0 Å². The third-order valence-corrected chi connectivity index (χ3v) is 5.06. The van der Waals surface area contributed by atoms with Crippen LogP contribution in [0, 0.1) is 0 Å². The smallest absolute Gasteiger partial charge is 0.277 e. The number of benzene rings is 3. The lowest BCUT2D eigenvalue weighted by Gasteiger charge is -2.07. The molecule has 1 amide bonds. The zero-order valence-electron chi connectivity index (χ0n) is 18.1. The zero-order chi connectivity index (χ0) is 23.0. The standard InChI is InChI=1S/C26H23ClN2O4/c1-2-3-16-31-21-10-4-18(5-11-21)25-17-24(29-33-25)26(30)28-20-8-14-23(15-9-20)32-22-12-6-19(27)7-13-22/h4-15,17H,2-3,16H2,1H3,(H,28,30). The summed E-state index contributed by atoms with van der Waals surface area (Å²) in [4.78, 5) is 12.6. The summed E-state index contributed by atoms with van der Waals surface area (Å²) in [5.74, 6) is 2.25. The minimum Gasteiger partial charge on any atom is -0.494 e. The molecule has 0 radical (unpaired) electrons. The highest BCUT2D eigenvalue weighted by molar-refractivity contribution is 6.30. The van der Waals surface area contributed by atoms with Gasteiger partial charge in [-0.15, -0.1) is 0 Å². The number of nitrogens with zero attached hydrogens (tertiary/aromatic N) is 1. The molecule has 1 heterocycles. The maximum Gasteiger partial charge on any atom is 0.277 e. The molecule has 0 saturated carbocycles. The molecule has 1 N–H and O–H groups in total. The maximum absolute atomic E-state index is 12.6. The van der Waals surface area contributed by atoms with Gasteiger partial charge in [0, 0.05) is 22.3 Å². The SMILES string of the molecule is CCCCOc1ccc(-c2cc(C(=O)Nc3ccc(Oc4ccc(Cl)cc4)cc3)no2)cc1. The van der Waals surface area contributed by atoms with E-state index in [9.17, 15) is 4.79 Å². The lowest BCUT2D eigenvalue weighted by atomic mass is 10.1. The number of carbonyl (C=O) groups is 1. The van der Waals surface area contributed by atoms with E-state index in [1.807, 2.05) is 24.3 Å². The average Bonchev–Trinajstić information content (AvgIpc) is 3.33. The molecule has 0 spiro atoms. The number of halogens is 1. The number of ether oxygens (including phenoxy) is 2. The Bertz CT molecular complexity index is 1190. The Balaban J connectivity index is 1.35. The van der Waals surface area contributed by atoms with Gasteiger partial charge in [0.15, 0.2) is 11.5 Å². The van der Waals surface area contributed by atoms with E-state index in [0.717, 1.165) is 24.2 Å². The number of anilines is 1. The molecule has 33 heavy (non-hydrogen) atoms. The number of aromatic nitrogens is 1. The molecule has 3 aromatic carbocycles. The molecule has 0 aliphatic carbocycles. The van der Waals surface area contributed by atoms with E-state index in [0.29, 0.717) is 34.6 Å². The van der Waals surface area contributed by atoms with E-state index in [2.05, 4.69) is 17.4 Å². The van der Waals surface area contributed by atoms with Crippen LogP contribution in [0.15, 0.2) is 83.4 Å². The Morgan fingerprint density at radius 1 is 0.939 bits per heavy atom. The van der Waals surface area contributed by atoms with Crippen LogP contribution in [-0.4, -0.2) is 17.7 Å². The maximum atomic E-state index is 12.6. The van der Waals surface area contributed by atoms with E-state index in [-0.39, 0.29) is 11.6 Å². The minimum absolute atomic E-state index is 0.190. The van der Waals surface area contributed by atoms with Gasteiger partial charge in [-0.1, -0.05) is 30.1 Å². The summed E-state index contributed by atoms with van der Waals surface area (Å²) in [6.07, 6.45) is 2.10. The van der Waals surface area contributed by atoms with Crippen molar-refractivity contribution in [2.24, 2.45) is 0 Å².